The number of carboxylic acid groups (broad SMARTS) is 1. The van der Waals surface area contributed by atoms with Crippen LogP contribution in [-0.4, -0.2) is 45.6 Å². The van der Waals surface area contributed by atoms with Crippen LogP contribution in [-0.2, 0) is 14.4 Å². The van der Waals surface area contributed by atoms with E-state index in [4.69, 9.17) is 5.11 Å². The summed E-state index contributed by atoms with van der Waals surface area (Å²) >= 11 is 0. The molecule has 24 heavy (non-hydrogen) atoms. The lowest BCUT2D eigenvalue weighted by molar-refractivity contribution is -0.138. The van der Waals surface area contributed by atoms with E-state index in [1.54, 1.807) is 0 Å². The predicted molar refractivity (Wildman–Crippen MR) is 79.2 cm³/mol. The van der Waals surface area contributed by atoms with Crippen LogP contribution in [0.3, 0.4) is 0 Å². The first-order valence-electron chi connectivity index (χ1n) is 7.39. The predicted octanol–water partition coefficient (Wildman–Crippen LogP) is 0.276. The van der Waals surface area contributed by atoms with Crippen molar-refractivity contribution in [3.05, 3.63) is 34.9 Å². The van der Waals surface area contributed by atoms with Crippen LogP contribution in [0.5, 0.6) is 0 Å². The van der Waals surface area contributed by atoms with E-state index in [1.165, 1.54) is 25.1 Å². The SMILES string of the molecule is CC(C(=O)O)c1ccc2c(c1)C(=O)N(C1CCC(=O)NC1=O)C2=O. The first-order valence-corrected chi connectivity index (χ1v) is 7.39. The Bertz CT molecular complexity index is 800. The van der Waals surface area contributed by atoms with Crippen LogP contribution in [0.1, 0.15) is 52.0 Å². The fourth-order valence-electron chi connectivity index (χ4n) is 2.90. The molecule has 1 aromatic rings. The minimum absolute atomic E-state index is 0.0467. The molecule has 2 atom stereocenters. The summed E-state index contributed by atoms with van der Waals surface area (Å²) in [5.74, 6) is -4.26. The quantitative estimate of drug-likeness (QED) is 0.768. The number of fused-ring (bicyclic) bond motifs is 1. The maximum absolute atomic E-state index is 12.6. The van der Waals surface area contributed by atoms with Crippen LogP contribution in [0.2, 0.25) is 0 Å². The molecule has 2 aliphatic rings. The van der Waals surface area contributed by atoms with Crippen molar-refractivity contribution < 1.29 is 29.1 Å². The van der Waals surface area contributed by atoms with E-state index in [0.717, 1.165) is 4.90 Å². The van der Waals surface area contributed by atoms with Gasteiger partial charge in [0.1, 0.15) is 6.04 Å². The van der Waals surface area contributed by atoms with E-state index in [-0.39, 0.29) is 24.0 Å². The summed E-state index contributed by atoms with van der Waals surface area (Å²) in [6, 6.07) is 3.23. The molecule has 1 fully saturated rings. The zero-order valence-electron chi connectivity index (χ0n) is 12.7. The number of rotatable bonds is 3. The average molecular weight is 330 g/mol. The Kier molecular flexibility index (Phi) is 3.67. The molecule has 8 nitrogen and oxygen atoms in total. The molecule has 2 N–H and O–H groups in total. The van der Waals surface area contributed by atoms with Crippen molar-refractivity contribution >= 4 is 29.6 Å². The topological polar surface area (TPSA) is 121 Å². The van der Waals surface area contributed by atoms with Gasteiger partial charge in [0.05, 0.1) is 17.0 Å². The van der Waals surface area contributed by atoms with Crippen molar-refractivity contribution in [2.24, 2.45) is 0 Å². The molecule has 4 amide bonds. The second-order valence-corrected chi connectivity index (χ2v) is 5.81. The van der Waals surface area contributed by atoms with Crippen LogP contribution in [0.4, 0.5) is 0 Å². The molecule has 124 valence electrons. The van der Waals surface area contributed by atoms with Gasteiger partial charge in [-0.3, -0.25) is 34.2 Å². The third kappa shape index (κ3) is 2.36. The Labute approximate surface area is 136 Å². The van der Waals surface area contributed by atoms with Crippen LogP contribution < -0.4 is 5.32 Å². The molecular formula is C16H14N2O6. The van der Waals surface area contributed by atoms with Crippen molar-refractivity contribution in [1.82, 2.24) is 10.2 Å². The smallest absolute Gasteiger partial charge is 0.310 e. The molecule has 0 aromatic heterocycles. The summed E-state index contributed by atoms with van der Waals surface area (Å²) in [5, 5.41) is 11.2. The first-order chi connectivity index (χ1) is 11.3. The van der Waals surface area contributed by atoms with Gasteiger partial charge >= 0.3 is 5.97 Å². The van der Waals surface area contributed by atoms with Gasteiger partial charge in [0.15, 0.2) is 0 Å². The highest BCUT2D eigenvalue weighted by Gasteiger charge is 2.44. The molecular weight excluding hydrogens is 316 g/mol. The summed E-state index contributed by atoms with van der Waals surface area (Å²) in [6.45, 7) is 1.48. The third-order valence-corrected chi connectivity index (χ3v) is 4.33. The second kappa shape index (κ2) is 5.55. The van der Waals surface area contributed by atoms with E-state index >= 15 is 0 Å². The third-order valence-electron chi connectivity index (χ3n) is 4.33. The van der Waals surface area contributed by atoms with Crippen LogP contribution in [0.15, 0.2) is 18.2 Å². The lowest BCUT2D eigenvalue weighted by Gasteiger charge is -2.27. The molecule has 3 rings (SSSR count). The van der Waals surface area contributed by atoms with Crippen LogP contribution in [0, 0.1) is 0 Å². The summed E-state index contributed by atoms with van der Waals surface area (Å²) in [7, 11) is 0. The van der Waals surface area contributed by atoms with Crippen molar-refractivity contribution in [2.75, 3.05) is 0 Å². The number of carboxylic acids is 1. The average Bonchev–Trinajstić information content (AvgIpc) is 2.78. The second-order valence-electron chi connectivity index (χ2n) is 5.81. The maximum Gasteiger partial charge on any atom is 0.310 e. The van der Waals surface area contributed by atoms with Crippen molar-refractivity contribution in [1.29, 1.82) is 0 Å². The zero-order valence-corrected chi connectivity index (χ0v) is 12.7. The molecule has 0 radical (unpaired) electrons. The van der Waals surface area contributed by atoms with E-state index < -0.39 is 41.6 Å². The number of amides is 4. The molecule has 2 heterocycles. The number of carbonyl (C=O) groups excluding carboxylic acids is 4. The van der Waals surface area contributed by atoms with Gasteiger partial charge in [-0.15, -0.1) is 0 Å². The number of imide groups is 2. The Hall–Kier alpha value is -3.03. The zero-order chi connectivity index (χ0) is 17.6. The molecule has 0 aliphatic carbocycles. The van der Waals surface area contributed by atoms with Crippen LogP contribution >= 0.6 is 0 Å². The minimum atomic E-state index is -1.05. The monoisotopic (exact) mass is 330 g/mol. The van der Waals surface area contributed by atoms with E-state index in [1.807, 2.05) is 0 Å². The Morgan fingerprint density at radius 2 is 1.88 bits per heavy atom. The molecule has 8 heteroatoms. The summed E-state index contributed by atoms with van der Waals surface area (Å²) < 4.78 is 0. The number of carbonyl (C=O) groups is 5. The van der Waals surface area contributed by atoms with Gasteiger partial charge in [0.25, 0.3) is 11.8 Å². The Morgan fingerprint density at radius 1 is 1.21 bits per heavy atom. The first kappa shape index (κ1) is 15.9. The molecule has 0 spiro atoms. The lowest BCUT2D eigenvalue weighted by Crippen LogP contribution is -2.54. The minimum Gasteiger partial charge on any atom is -0.481 e. The van der Waals surface area contributed by atoms with Crippen molar-refractivity contribution in [3.63, 3.8) is 0 Å². The molecule has 0 bridgehead atoms. The van der Waals surface area contributed by atoms with Gasteiger partial charge in [0.2, 0.25) is 11.8 Å². The number of nitrogens with zero attached hydrogens (tertiary/aromatic N) is 1. The van der Waals surface area contributed by atoms with Gasteiger partial charge in [-0.05, 0) is 31.0 Å². The number of hydrogen-bond acceptors (Lipinski definition) is 5. The Balaban J connectivity index is 1.95. The molecule has 2 aliphatic heterocycles. The number of hydrogen-bond donors (Lipinski definition) is 2. The van der Waals surface area contributed by atoms with Gasteiger partial charge in [-0.1, -0.05) is 6.07 Å². The van der Waals surface area contributed by atoms with E-state index in [9.17, 15) is 24.0 Å². The fourth-order valence-corrected chi connectivity index (χ4v) is 2.90. The highest BCUT2D eigenvalue weighted by atomic mass is 16.4. The number of piperidine rings is 1. The van der Waals surface area contributed by atoms with E-state index in [2.05, 4.69) is 5.32 Å². The number of nitrogens with one attached hydrogen (secondary N) is 1. The van der Waals surface area contributed by atoms with Gasteiger partial charge in [0, 0.05) is 6.42 Å². The Morgan fingerprint density at radius 3 is 2.50 bits per heavy atom. The highest BCUT2D eigenvalue weighted by Crippen LogP contribution is 2.30. The normalized spacial score (nSPS) is 21.5. The summed E-state index contributed by atoms with van der Waals surface area (Å²) in [6.07, 6.45) is 0.125. The van der Waals surface area contributed by atoms with E-state index in [0.29, 0.717) is 5.56 Å². The standard InChI is InChI=1S/C16H14N2O6/c1-7(16(23)24)8-2-3-9-10(6-8)15(22)18(14(9)21)11-4-5-12(19)17-13(11)20/h2-3,6-7,11H,4-5H2,1H3,(H,23,24)(H,17,19,20). The van der Waals surface area contributed by atoms with Gasteiger partial charge < -0.3 is 5.11 Å². The molecule has 2 unspecified atom stereocenters. The number of aliphatic carboxylic acids is 1. The van der Waals surface area contributed by atoms with Gasteiger partial charge in [-0.2, -0.15) is 0 Å². The highest BCUT2D eigenvalue weighted by molar-refractivity contribution is 6.23. The maximum atomic E-state index is 12.6. The van der Waals surface area contributed by atoms with Gasteiger partial charge in [-0.25, -0.2) is 0 Å². The largest absolute Gasteiger partial charge is 0.481 e. The molecule has 1 aromatic carbocycles. The summed E-state index contributed by atoms with van der Waals surface area (Å²) in [5.41, 5.74) is 0.605. The number of benzene rings is 1. The lowest BCUT2D eigenvalue weighted by atomic mass is 9.97. The summed E-state index contributed by atoms with van der Waals surface area (Å²) in [4.78, 5) is 60.1. The fraction of sp³-hybridized carbons (Fsp3) is 0.312. The van der Waals surface area contributed by atoms with Crippen LogP contribution in [0.25, 0.3) is 0 Å². The molecule has 0 saturated carbocycles. The van der Waals surface area contributed by atoms with Crippen molar-refractivity contribution in [3.8, 4) is 0 Å². The molecule has 1 saturated heterocycles. The van der Waals surface area contributed by atoms with Crippen molar-refractivity contribution in [2.45, 2.75) is 31.7 Å².